The van der Waals surface area contributed by atoms with Crippen molar-refractivity contribution in [1.29, 1.82) is 0 Å². The molecule has 0 saturated heterocycles. The van der Waals surface area contributed by atoms with Crippen molar-refractivity contribution in [3.05, 3.63) is 16.1 Å². The molecule has 1 aromatic rings. The zero-order chi connectivity index (χ0) is 13.2. The Bertz CT molecular complexity index is 380. The third-order valence-corrected chi connectivity index (χ3v) is 5.35. The minimum atomic E-state index is 0.178. The Labute approximate surface area is 114 Å². The molecule has 1 saturated carbocycles. The van der Waals surface area contributed by atoms with Gasteiger partial charge in [0.25, 0.3) is 0 Å². The van der Waals surface area contributed by atoms with Crippen LogP contribution in [0.1, 0.15) is 42.8 Å². The molecule has 1 unspecified atom stereocenters. The topological polar surface area (TPSA) is 42.1 Å². The second kappa shape index (κ2) is 5.68. The van der Waals surface area contributed by atoms with Gasteiger partial charge in [0.15, 0.2) is 0 Å². The van der Waals surface area contributed by atoms with E-state index in [-0.39, 0.29) is 11.6 Å². The summed E-state index contributed by atoms with van der Waals surface area (Å²) in [5, 5.41) is 3.30. The molecule has 102 valence electrons. The molecule has 1 heterocycles. The highest BCUT2D eigenvalue weighted by Gasteiger charge is 2.40. The van der Waals surface area contributed by atoms with Crippen LogP contribution < -0.4 is 5.73 Å². The van der Waals surface area contributed by atoms with Gasteiger partial charge in [0, 0.05) is 29.1 Å². The predicted molar refractivity (Wildman–Crippen MR) is 78.0 cm³/mol. The molecule has 0 radical (unpaired) electrons. The maximum atomic E-state index is 6.55. The number of hydrogen-bond donors (Lipinski definition) is 1. The van der Waals surface area contributed by atoms with E-state index in [1.807, 2.05) is 6.92 Å². The molecule has 1 fully saturated rings. The Kier molecular flexibility index (Phi) is 4.41. The van der Waals surface area contributed by atoms with E-state index >= 15 is 0 Å². The summed E-state index contributed by atoms with van der Waals surface area (Å²) in [6, 6.07) is 0.193. The number of hydrogen-bond acceptors (Lipinski definition) is 4. The van der Waals surface area contributed by atoms with Gasteiger partial charge in [0.05, 0.1) is 5.01 Å². The van der Waals surface area contributed by atoms with Crippen LogP contribution in [0, 0.1) is 6.92 Å². The fourth-order valence-electron chi connectivity index (χ4n) is 3.19. The van der Waals surface area contributed by atoms with Crippen molar-refractivity contribution in [2.45, 2.75) is 57.0 Å². The van der Waals surface area contributed by atoms with Crippen LogP contribution in [0.2, 0.25) is 0 Å². The van der Waals surface area contributed by atoms with E-state index in [1.54, 1.807) is 11.3 Å². The van der Waals surface area contributed by atoms with Crippen LogP contribution in [-0.4, -0.2) is 35.6 Å². The summed E-state index contributed by atoms with van der Waals surface area (Å²) in [7, 11) is 4.36. The van der Waals surface area contributed by atoms with Gasteiger partial charge in [-0.05, 0) is 33.9 Å². The molecule has 0 aromatic carbocycles. The molecule has 0 bridgehead atoms. The molecule has 18 heavy (non-hydrogen) atoms. The molecule has 1 aliphatic carbocycles. The number of aromatic nitrogens is 1. The van der Waals surface area contributed by atoms with Crippen LogP contribution in [-0.2, 0) is 6.42 Å². The SMILES string of the molecule is Cc1csc(CC(N)C2(N(C)C)CCCCC2)n1. The summed E-state index contributed by atoms with van der Waals surface area (Å²) in [6.45, 7) is 2.05. The summed E-state index contributed by atoms with van der Waals surface area (Å²) in [4.78, 5) is 6.91. The summed E-state index contributed by atoms with van der Waals surface area (Å²) in [5.74, 6) is 0. The number of thiazole rings is 1. The number of likely N-dealkylation sites (N-methyl/N-ethyl adjacent to an activating group) is 1. The first-order chi connectivity index (χ1) is 8.54. The monoisotopic (exact) mass is 267 g/mol. The number of aryl methyl sites for hydroxylation is 1. The molecule has 3 nitrogen and oxygen atoms in total. The Morgan fingerprint density at radius 2 is 2.06 bits per heavy atom. The van der Waals surface area contributed by atoms with Crippen LogP contribution >= 0.6 is 11.3 Å². The maximum Gasteiger partial charge on any atom is 0.0944 e. The molecule has 1 aromatic heterocycles. The van der Waals surface area contributed by atoms with E-state index in [0.29, 0.717) is 0 Å². The minimum Gasteiger partial charge on any atom is -0.326 e. The normalized spacial score (nSPS) is 21.2. The van der Waals surface area contributed by atoms with Gasteiger partial charge >= 0.3 is 0 Å². The minimum absolute atomic E-state index is 0.178. The average Bonchev–Trinajstić information content (AvgIpc) is 2.75. The van der Waals surface area contributed by atoms with Crippen molar-refractivity contribution < 1.29 is 0 Å². The van der Waals surface area contributed by atoms with Crippen molar-refractivity contribution >= 4 is 11.3 Å². The highest BCUT2D eigenvalue weighted by Crippen LogP contribution is 2.35. The third-order valence-electron chi connectivity index (χ3n) is 4.36. The van der Waals surface area contributed by atoms with Gasteiger partial charge in [-0.1, -0.05) is 19.3 Å². The molecule has 1 aliphatic rings. The standard InChI is InChI=1S/C14H25N3S/c1-11-10-18-13(16-11)9-12(15)14(17(2)3)7-5-4-6-8-14/h10,12H,4-9,15H2,1-3H3. The summed E-state index contributed by atoms with van der Waals surface area (Å²) in [6.07, 6.45) is 7.35. The number of nitrogens with zero attached hydrogens (tertiary/aromatic N) is 2. The van der Waals surface area contributed by atoms with E-state index in [0.717, 1.165) is 12.1 Å². The van der Waals surface area contributed by atoms with Gasteiger partial charge in [0.1, 0.15) is 0 Å². The van der Waals surface area contributed by atoms with Gasteiger partial charge in [-0.15, -0.1) is 11.3 Å². The largest absolute Gasteiger partial charge is 0.326 e. The molecule has 4 heteroatoms. The van der Waals surface area contributed by atoms with Crippen molar-refractivity contribution in [2.24, 2.45) is 5.73 Å². The van der Waals surface area contributed by atoms with Gasteiger partial charge in [-0.2, -0.15) is 0 Å². The molecular weight excluding hydrogens is 242 g/mol. The molecule has 0 aliphatic heterocycles. The Balaban J connectivity index is 2.10. The predicted octanol–water partition coefficient (Wildman–Crippen LogP) is 2.59. The summed E-state index contributed by atoms with van der Waals surface area (Å²) < 4.78 is 0. The molecule has 1 atom stereocenters. The average molecular weight is 267 g/mol. The van der Waals surface area contributed by atoms with Crippen LogP contribution in [0.5, 0.6) is 0 Å². The van der Waals surface area contributed by atoms with Crippen molar-refractivity contribution in [3.8, 4) is 0 Å². The van der Waals surface area contributed by atoms with E-state index in [9.17, 15) is 0 Å². The van der Waals surface area contributed by atoms with Crippen LogP contribution in [0.4, 0.5) is 0 Å². The van der Waals surface area contributed by atoms with E-state index in [2.05, 4.69) is 29.4 Å². The first-order valence-corrected chi connectivity index (χ1v) is 7.76. The van der Waals surface area contributed by atoms with Gasteiger partial charge < -0.3 is 10.6 Å². The van der Waals surface area contributed by atoms with Crippen LogP contribution in [0.3, 0.4) is 0 Å². The van der Waals surface area contributed by atoms with E-state index < -0.39 is 0 Å². The Hall–Kier alpha value is -0.450. The molecule has 0 spiro atoms. The Morgan fingerprint density at radius 3 is 2.56 bits per heavy atom. The first kappa shape index (κ1) is 14.0. The summed E-state index contributed by atoms with van der Waals surface area (Å²) >= 11 is 1.74. The lowest BCUT2D eigenvalue weighted by Gasteiger charge is -2.47. The highest BCUT2D eigenvalue weighted by molar-refractivity contribution is 7.09. The van der Waals surface area contributed by atoms with Crippen molar-refractivity contribution in [3.63, 3.8) is 0 Å². The zero-order valence-electron chi connectivity index (χ0n) is 11.8. The maximum absolute atomic E-state index is 6.55. The van der Waals surface area contributed by atoms with Gasteiger partial charge in [-0.25, -0.2) is 4.98 Å². The summed E-state index contributed by atoms with van der Waals surface area (Å²) in [5.41, 5.74) is 7.84. The lowest BCUT2D eigenvalue weighted by molar-refractivity contribution is 0.0715. The number of rotatable bonds is 4. The smallest absolute Gasteiger partial charge is 0.0944 e. The van der Waals surface area contributed by atoms with Crippen LogP contribution in [0.25, 0.3) is 0 Å². The fraction of sp³-hybridized carbons (Fsp3) is 0.786. The molecule has 2 N–H and O–H groups in total. The molecular formula is C14H25N3S. The second-order valence-corrected chi connectivity index (χ2v) is 6.69. The highest BCUT2D eigenvalue weighted by atomic mass is 32.1. The van der Waals surface area contributed by atoms with Crippen molar-refractivity contribution in [1.82, 2.24) is 9.88 Å². The van der Waals surface area contributed by atoms with E-state index in [1.165, 1.54) is 37.1 Å². The fourth-order valence-corrected chi connectivity index (χ4v) is 4.02. The number of nitrogens with two attached hydrogens (primary N) is 1. The van der Waals surface area contributed by atoms with Crippen molar-refractivity contribution in [2.75, 3.05) is 14.1 Å². The zero-order valence-corrected chi connectivity index (χ0v) is 12.6. The first-order valence-electron chi connectivity index (χ1n) is 6.88. The Morgan fingerprint density at radius 1 is 1.39 bits per heavy atom. The van der Waals surface area contributed by atoms with Gasteiger partial charge in [0.2, 0.25) is 0 Å². The lowest BCUT2D eigenvalue weighted by atomic mass is 9.74. The lowest BCUT2D eigenvalue weighted by Crippen LogP contribution is -2.59. The third kappa shape index (κ3) is 2.76. The molecule has 2 rings (SSSR count). The van der Waals surface area contributed by atoms with Gasteiger partial charge in [-0.3, -0.25) is 0 Å². The van der Waals surface area contributed by atoms with E-state index in [4.69, 9.17) is 5.73 Å². The second-order valence-electron chi connectivity index (χ2n) is 5.75. The molecule has 0 amide bonds. The quantitative estimate of drug-likeness (QED) is 0.911. The van der Waals surface area contributed by atoms with Crippen LogP contribution in [0.15, 0.2) is 5.38 Å².